The molecule has 5 heteroatoms. The van der Waals surface area contributed by atoms with E-state index in [0.717, 1.165) is 40.4 Å². The second-order valence-electron chi connectivity index (χ2n) is 5.61. The van der Waals surface area contributed by atoms with Crippen LogP contribution in [0.3, 0.4) is 0 Å². The number of hydrogen-bond donors (Lipinski definition) is 1. The summed E-state index contributed by atoms with van der Waals surface area (Å²) >= 11 is 1.62. The summed E-state index contributed by atoms with van der Waals surface area (Å²) in [5.74, 6) is 2.76. The second-order valence-corrected chi connectivity index (χ2v) is 6.56. The lowest BCUT2D eigenvalue weighted by Gasteiger charge is -2.06. The molecule has 0 aliphatic heterocycles. The molecule has 0 aromatic carbocycles. The Labute approximate surface area is 129 Å². The standard InChI is InChI=1S/C16H21N3OS/c1-10-11(2)18-16(19-12(10)3)21-9-15-7-6-14(20-15)8-17-13-4-5-13/h6-7,13,17H,4-5,8-9H2,1-3H3. The molecular weight excluding hydrogens is 282 g/mol. The molecule has 1 aliphatic carbocycles. The first-order chi connectivity index (χ1) is 10.1. The van der Waals surface area contributed by atoms with Crippen molar-refractivity contribution >= 4 is 11.8 Å². The average molecular weight is 303 g/mol. The van der Waals surface area contributed by atoms with Gasteiger partial charge in [-0.05, 0) is 51.3 Å². The lowest BCUT2D eigenvalue weighted by Crippen LogP contribution is -2.14. The maximum atomic E-state index is 5.83. The van der Waals surface area contributed by atoms with E-state index in [1.807, 2.05) is 19.9 Å². The molecule has 0 spiro atoms. The van der Waals surface area contributed by atoms with Crippen LogP contribution in [0.25, 0.3) is 0 Å². The summed E-state index contributed by atoms with van der Waals surface area (Å²) in [6, 6.07) is 4.81. The van der Waals surface area contributed by atoms with Gasteiger partial charge in [-0.2, -0.15) is 0 Å². The minimum atomic E-state index is 0.708. The zero-order valence-corrected chi connectivity index (χ0v) is 13.6. The Hall–Kier alpha value is -1.33. The largest absolute Gasteiger partial charge is 0.464 e. The summed E-state index contributed by atoms with van der Waals surface area (Å²) in [4.78, 5) is 9.04. The van der Waals surface area contributed by atoms with Crippen LogP contribution in [0.1, 0.15) is 41.3 Å². The Kier molecular flexibility index (Phi) is 4.31. The van der Waals surface area contributed by atoms with Crippen molar-refractivity contribution in [3.05, 3.63) is 40.6 Å². The van der Waals surface area contributed by atoms with Crippen molar-refractivity contribution in [2.45, 2.75) is 57.1 Å². The fourth-order valence-corrected chi connectivity index (χ4v) is 2.90. The van der Waals surface area contributed by atoms with Crippen molar-refractivity contribution in [2.24, 2.45) is 0 Å². The molecule has 1 N–H and O–H groups in total. The SMILES string of the molecule is Cc1nc(SCc2ccc(CNC3CC3)o2)nc(C)c1C. The third-order valence-electron chi connectivity index (χ3n) is 3.82. The molecule has 0 saturated heterocycles. The summed E-state index contributed by atoms with van der Waals surface area (Å²) in [6.45, 7) is 6.95. The Morgan fingerprint density at radius 3 is 2.48 bits per heavy atom. The number of rotatable bonds is 6. The normalized spacial score (nSPS) is 14.6. The molecule has 0 unspecified atom stereocenters. The molecule has 2 aromatic heterocycles. The van der Waals surface area contributed by atoms with Gasteiger partial charge in [0.05, 0.1) is 12.3 Å². The summed E-state index contributed by atoms with van der Waals surface area (Å²) in [6.07, 6.45) is 2.60. The van der Waals surface area contributed by atoms with Crippen LogP contribution in [-0.2, 0) is 12.3 Å². The van der Waals surface area contributed by atoms with Gasteiger partial charge < -0.3 is 9.73 Å². The predicted molar refractivity (Wildman–Crippen MR) is 84.4 cm³/mol. The van der Waals surface area contributed by atoms with Gasteiger partial charge in [0.15, 0.2) is 5.16 Å². The predicted octanol–water partition coefficient (Wildman–Crippen LogP) is 3.54. The van der Waals surface area contributed by atoms with Gasteiger partial charge in [-0.3, -0.25) is 0 Å². The molecule has 2 aromatic rings. The molecule has 2 heterocycles. The van der Waals surface area contributed by atoms with E-state index in [1.165, 1.54) is 18.4 Å². The molecule has 3 rings (SSSR count). The Bertz CT molecular complexity index is 611. The monoisotopic (exact) mass is 303 g/mol. The minimum Gasteiger partial charge on any atom is -0.464 e. The number of nitrogens with one attached hydrogen (secondary N) is 1. The van der Waals surface area contributed by atoms with Gasteiger partial charge in [-0.25, -0.2) is 9.97 Å². The van der Waals surface area contributed by atoms with Crippen molar-refractivity contribution in [1.29, 1.82) is 0 Å². The topological polar surface area (TPSA) is 51.0 Å². The van der Waals surface area contributed by atoms with Crippen LogP contribution >= 0.6 is 11.8 Å². The average Bonchev–Trinajstić information content (AvgIpc) is 3.18. The van der Waals surface area contributed by atoms with Gasteiger partial charge >= 0.3 is 0 Å². The highest BCUT2D eigenvalue weighted by Crippen LogP contribution is 2.23. The van der Waals surface area contributed by atoms with Gasteiger partial charge in [0.2, 0.25) is 0 Å². The lowest BCUT2D eigenvalue weighted by atomic mass is 10.2. The molecule has 0 atom stereocenters. The Morgan fingerprint density at radius 2 is 1.81 bits per heavy atom. The van der Waals surface area contributed by atoms with Gasteiger partial charge in [0, 0.05) is 17.4 Å². The van der Waals surface area contributed by atoms with Gasteiger partial charge in [0.1, 0.15) is 11.5 Å². The highest BCUT2D eigenvalue weighted by atomic mass is 32.2. The number of aryl methyl sites for hydroxylation is 2. The van der Waals surface area contributed by atoms with Crippen LogP contribution in [0.2, 0.25) is 0 Å². The van der Waals surface area contributed by atoms with Crippen LogP contribution in [0.15, 0.2) is 21.7 Å². The zero-order chi connectivity index (χ0) is 14.8. The van der Waals surface area contributed by atoms with Crippen LogP contribution in [0.4, 0.5) is 0 Å². The first kappa shape index (κ1) is 14.6. The molecule has 4 nitrogen and oxygen atoms in total. The fourth-order valence-electron chi connectivity index (χ4n) is 2.07. The number of hydrogen-bond acceptors (Lipinski definition) is 5. The van der Waals surface area contributed by atoms with Gasteiger partial charge in [-0.15, -0.1) is 0 Å². The van der Waals surface area contributed by atoms with Crippen molar-refractivity contribution in [3.63, 3.8) is 0 Å². The first-order valence-electron chi connectivity index (χ1n) is 7.37. The summed E-state index contributed by atoms with van der Waals surface area (Å²) < 4.78 is 5.83. The molecule has 1 saturated carbocycles. The van der Waals surface area contributed by atoms with E-state index in [4.69, 9.17) is 4.42 Å². The van der Waals surface area contributed by atoms with E-state index < -0.39 is 0 Å². The highest BCUT2D eigenvalue weighted by Gasteiger charge is 2.20. The van der Waals surface area contributed by atoms with Crippen LogP contribution in [-0.4, -0.2) is 16.0 Å². The van der Waals surface area contributed by atoms with Crippen LogP contribution in [0, 0.1) is 20.8 Å². The van der Waals surface area contributed by atoms with Crippen molar-refractivity contribution < 1.29 is 4.42 Å². The van der Waals surface area contributed by atoms with E-state index in [2.05, 4.69) is 28.3 Å². The minimum absolute atomic E-state index is 0.708. The third kappa shape index (κ3) is 3.86. The summed E-state index contributed by atoms with van der Waals surface area (Å²) in [5.41, 5.74) is 3.28. The molecule has 0 radical (unpaired) electrons. The maximum absolute atomic E-state index is 5.83. The number of furan rings is 1. The highest BCUT2D eigenvalue weighted by molar-refractivity contribution is 7.98. The van der Waals surface area contributed by atoms with Crippen molar-refractivity contribution in [1.82, 2.24) is 15.3 Å². The van der Waals surface area contributed by atoms with E-state index in [9.17, 15) is 0 Å². The summed E-state index contributed by atoms with van der Waals surface area (Å²) in [7, 11) is 0. The maximum Gasteiger partial charge on any atom is 0.188 e. The summed E-state index contributed by atoms with van der Waals surface area (Å²) in [5, 5.41) is 4.28. The number of nitrogens with zero attached hydrogens (tertiary/aromatic N) is 2. The molecule has 1 fully saturated rings. The quantitative estimate of drug-likeness (QED) is 0.653. The fraction of sp³-hybridized carbons (Fsp3) is 0.500. The van der Waals surface area contributed by atoms with Crippen LogP contribution in [0.5, 0.6) is 0 Å². The van der Waals surface area contributed by atoms with Crippen LogP contribution < -0.4 is 5.32 Å². The van der Waals surface area contributed by atoms with Gasteiger partial charge in [-0.1, -0.05) is 11.8 Å². The van der Waals surface area contributed by atoms with E-state index >= 15 is 0 Å². The second kappa shape index (κ2) is 6.20. The third-order valence-corrected chi connectivity index (χ3v) is 4.68. The van der Waals surface area contributed by atoms with E-state index in [-0.39, 0.29) is 0 Å². The molecule has 0 bridgehead atoms. The molecule has 21 heavy (non-hydrogen) atoms. The van der Waals surface area contributed by atoms with Crippen molar-refractivity contribution in [3.8, 4) is 0 Å². The number of aromatic nitrogens is 2. The van der Waals surface area contributed by atoms with E-state index in [0.29, 0.717) is 6.04 Å². The Balaban J connectivity index is 1.56. The molecular formula is C16H21N3OS. The molecule has 112 valence electrons. The molecule has 0 amide bonds. The van der Waals surface area contributed by atoms with Gasteiger partial charge in [0.25, 0.3) is 0 Å². The van der Waals surface area contributed by atoms with E-state index in [1.54, 1.807) is 11.8 Å². The first-order valence-corrected chi connectivity index (χ1v) is 8.36. The molecule has 1 aliphatic rings. The Morgan fingerprint density at radius 1 is 1.14 bits per heavy atom. The van der Waals surface area contributed by atoms with Crippen molar-refractivity contribution in [2.75, 3.05) is 0 Å². The number of thioether (sulfide) groups is 1. The zero-order valence-electron chi connectivity index (χ0n) is 12.8. The smallest absolute Gasteiger partial charge is 0.188 e. The lowest BCUT2D eigenvalue weighted by molar-refractivity contribution is 0.458.